The summed E-state index contributed by atoms with van der Waals surface area (Å²) in [6, 6.07) is 10.6. The van der Waals surface area contributed by atoms with Crippen LogP contribution in [0, 0.1) is 6.92 Å². The van der Waals surface area contributed by atoms with E-state index in [1.54, 1.807) is 25.3 Å². The van der Waals surface area contributed by atoms with Gasteiger partial charge in [0.15, 0.2) is 0 Å². The Hall–Kier alpha value is -3.68. The Morgan fingerprint density at radius 2 is 1.96 bits per heavy atom. The van der Waals surface area contributed by atoms with Crippen LogP contribution in [0.5, 0.6) is 5.75 Å². The molecule has 8 heteroatoms. The van der Waals surface area contributed by atoms with E-state index < -0.39 is 0 Å². The first-order valence-corrected chi connectivity index (χ1v) is 7.93. The van der Waals surface area contributed by atoms with E-state index in [4.69, 9.17) is 10.5 Å². The van der Waals surface area contributed by atoms with Gasteiger partial charge in [0.05, 0.1) is 29.4 Å². The van der Waals surface area contributed by atoms with E-state index in [2.05, 4.69) is 25.3 Å². The summed E-state index contributed by atoms with van der Waals surface area (Å²) in [4.78, 5) is 28.2. The Balaban J connectivity index is 1.79. The summed E-state index contributed by atoms with van der Waals surface area (Å²) in [5.74, 6) is 1.30. The molecule has 0 radical (unpaired) electrons. The van der Waals surface area contributed by atoms with E-state index in [1.807, 2.05) is 25.1 Å². The Morgan fingerprint density at radius 3 is 2.77 bits per heavy atom. The first kappa shape index (κ1) is 15.8. The summed E-state index contributed by atoms with van der Waals surface area (Å²) < 4.78 is 5.24. The van der Waals surface area contributed by atoms with Gasteiger partial charge in [0.25, 0.3) is 5.56 Å². The third-order valence-electron chi connectivity index (χ3n) is 4.09. The van der Waals surface area contributed by atoms with Gasteiger partial charge in [-0.05, 0) is 37.3 Å². The molecule has 130 valence electrons. The highest BCUT2D eigenvalue weighted by atomic mass is 16.5. The number of methoxy groups -OCH3 is 1. The summed E-state index contributed by atoms with van der Waals surface area (Å²) in [5.41, 5.74) is 8.03. The summed E-state index contributed by atoms with van der Waals surface area (Å²) in [6.07, 6.45) is 0. The van der Waals surface area contributed by atoms with Crippen molar-refractivity contribution in [2.75, 3.05) is 18.2 Å². The first-order valence-electron chi connectivity index (χ1n) is 7.93. The van der Waals surface area contributed by atoms with Crippen molar-refractivity contribution >= 4 is 39.4 Å². The minimum atomic E-state index is -0.285. The van der Waals surface area contributed by atoms with E-state index in [9.17, 15) is 4.79 Å². The van der Waals surface area contributed by atoms with Crippen LogP contribution in [-0.2, 0) is 0 Å². The molecule has 0 atom stereocenters. The average molecular weight is 348 g/mol. The van der Waals surface area contributed by atoms with Crippen molar-refractivity contribution in [3.05, 3.63) is 52.4 Å². The number of hydrogen-bond donors (Lipinski definition) is 3. The maximum Gasteiger partial charge on any atom is 0.260 e. The Labute approximate surface area is 148 Å². The van der Waals surface area contributed by atoms with E-state index in [1.165, 1.54) is 0 Å². The van der Waals surface area contributed by atoms with Crippen LogP contribution >= 0.6 is 0 Å². The molecule has 0 aliphatic heterocycles. The number of nitrogens with one attached hydrogen (secondary N) is 2. The molecule has 0 aliphatic rings. The molecule has 4 aromatic rings. The number of H-pyrrole nitrogens is 1. The van der Waals surface area contributed by atoms with Crippen molar-refractivity contribution in [2.45, 2.75) is 6.92 Å². The van der Waals surface area contributed by atoms with Crippen LogP contribution in [-0.4, -0.2) is 27.0 Å². The molecular weight excluding hydrogens is 332 g/mol. The maximum absolute atomic E-state index is 12.2. The summed E-state index contributed by atoms with van der Waals surface area (Å²) in [7, 11) is 1.61. The van der Waals surface area contributed by atoms with Gasteiger partial charge in [-0.2, -0.15) is 0 Å². The van der Waals surface area contributed by atoms with Crippen LogP contribution in [0.4, 0.5) is 17.6 Å². The number of rotatable bonds is 3. The number of aromatic amines is 1. The lowest BCUT2D eigenvalue weighted by atomic mass is 10.2. The third-order valence-corrected chi connectivity index (χ3v) is 4.09. The summed E-state index contributed by atoms with van der Waals surface area (Å²) in [6.45, 7) is 1.88. The normalized spacial score (nSPS) is 11.0. The molecule has 0 bridgehead atoms. The van der Waals surface area contributed by atoms with Crippen molar-refractivity contribution in [3.8, 4) is 5.75 Å². The van der Waals surface area contributed by atoms with Crippen molar-refractivity contribution in [1.82, 2.24) is 19.9 Å². The van der Waals surface area contributed by atoms with Crippen molar-refractivity contribution in [3.63, 3.8) is 0 Å². The van der Waals surface area contributed by atoms with Gasteiger partial charge < -0.3 is 10.5 Å². The SMILES string of the molecule is COc1ccc2nc(Nc3nc4c(N)cccc4c(=O)[nH]3)nc(C)c2c1. The van der Waals surface area contributed by atoms with Gasteiger partial charge in [0, 0.05) is 5.39 Å². The number of para-hydroxylation sites is 1. The summed E-state index contributed by atoms with van der Waals surface area (Å²) in [5, 5.41) is 4.27. The quantitative estimate of drug-likeness (QED) is 0.487. The molecule has 2 heterocycles. The van der Waals surface area contributed by atoms with Gasteiger partial charge in [-0.15, -0.1) is 0 Å². The molecule has 0 unspecified atom stereocenters. The smallest absolute Gasteiger partial charge is 0.260 e. The standard InChI is InChI=1S/C18H16N6O2/c1-9-12-8-10(26-2)6-7-14(12)21-17(20-9)24-18-22-15-11(16(25)23-18)4-3-5-13(15)19/h3-8H,19H2,1-2H3,(H2,20,21,22,23,24,25). The van der Waals surface area contributed by atoms with Crippen LogP contribution in [0.3, 0.4) is 0 Å². The zero-order chi connectivity index (χ0) is 18.3. The number of aromatic nitrogens is 4. The highest BCUT2D eigenvalue weighted by Gasteiger charge is 2.10. The lowest BCUT2D eigenvalue weighted by molar-refractivity contribution is 0.415. The fraction of sp³-hybridized carbons (Fsp3) is 0.111. The number of anilines is 3. The van der Waals surface area contributed by atoms with E-state index in [0.29, 0.717) is 22.5 Å². The molecule has 0 amide bonds. The molecule has 0 aliphatic carbocycles. The van der Waals surface area contributed by atoms with Crippen LogP contribution in [0.1, 0.15) is 5.69 Å². The van der Waals surface area contributed by atoms with Crippen LogP contribution in [0.15, 0.2) is 41.2 Å². The van der Waals surface area contributed by atoms with Gasteiger partial charge in [-0.25, -0.2) is 15.0 Å². The molecule has 0 saturated heterocycles. The lowest BCUT2D eigenvalue weighted by Crippen LogP contribution is -2.13. The third kappa shape index (κ3) is 2.67. The van der Waals surface area contributed by atoms with Crippen LogP contribution in [0.2, 0.25) is 0 Å². The number of nitrogen functional groups attached to an aromatic ring is 1. The monoisotopic (exact) mass is 348 g/mol. The predicted octanol–water partition coefficient (Wildman–Crippen LogP) is 2.51. The number of fused-ring (bicyclic) bond motifs is 2. The van der Waals surface area contributed by atoms with Crippen LogP contribution in [0.25, 0.3) is 21.8 Å². The number of benzene rings is 2. The number of hydrogen-bond acceptors (Lipinski definition) is 7. The Kier molecular flexibility index (Phi) is 3.65. The van der Waals surface area contributed by atoms with Gasteiger partial charge in [-0.3, -0.25) is 15.1 Å². The molecule has 4 rings (SSSR count). The number of ether oxygens (including phenoxy) is 1. The van der Waals surface area contributed by atoms with Gasteiger partial charge in [0.1, 0.15) is 11.3 Å². The van der Waals surface area contributed by atoms with Gasteiger partial charge in [-0.1, -0.05) is 6.07 Å². The van der Waals surface area contributed by atoms with Crippen molar-refractivity contribution < 1.29 is 4.74 Å². The fourth-order valence-electron chi connectivity index (χ4n) is 2.79. The summed E-state index contributed by atoms with van der Waals surface area (Å²) >= 11 is 0. The van der Waals surface area contributed by atoms with Crippen LogP contribution < -0.4 is 21.3 Å². The molecule has 26 heavy (non-hydrogen) atoms. The maximum atomic E-state index is 12.2. The molecule has 0 saturated carbocycles. The molecule has 0 spiro atoms. The number of nitrogens with two attached hydrogens (primary N) is 1. The molecular formula is C18H16N6O2. The Morgan fingerprint density at radius 1 is 1.12 bits per heavy atom. The van der Waals surface area contributed by atoms with E-state index in [0.717, 1.165) is 22.3 Å². The second kappa shape index (κ2) is 5.99. The first-order chi connectivity index (χ1) is 12.5. The lowest BCUT2D eigenvalue weighted by Gasteiger charge is -2.09. The number of nitrogens with zero attached hydrogens (tertiary/aromatic N) is 3. The Bertz CT molecular complexity index is 1200. The zero-order valence-electron chi connectivity index (χ0n) is 14.2. The molecule has 0 fully saturated rings. The second-order valence-electron chi connectivity index (χ2n) is 5.80. The van der Waals surface area contributed by atoms with E-state index >= 15 is 0 Å². The zero-order valence-corrected chi connectivity index (χ0v) is 14.2. The van der Waals surface area contributed by atoms with Gasteiger partial charge in [0.2, 0.25) is 11.9 Å². The fourth-order valence-corrected chi connectivity index (χ4v) is 2.79. The second-order valence-corrected chi connectivity index (χ2v) is 5.80. The van der Waals surface area contributed by atoms with Crippen molar-refractivity contribution in [2.24, 2.45) is 0 Å². The van der Waals surface area contributed by atoms with E-state index in [-0.39, 0.29) is 11.5 Å². The minimum absolute atomic E-state index is 0.229. The van der Waals surface area contributed by atoms with Crippen molar-refractivity contribution in [1.29, 1.82) is 0 Å². The molecule has 2 aromatic carbocycles. The highest BCUT2D eigenvalue weighted by molar-refractivity contribution is 5.89. The molecule has 2 aromatic heterocycles. The topological polar surface area (TPSA) is 119 Å². The average Bonchev–Trinajstić information content (AvgIpc) is 2.62. The minimum Gasteiger partial charge on any atom is -0.497 e. The highest BCUT2D eigenvalue weighted by Crippen LogP contribution is 2.23. The van der Waals surface area contributed by atoms with Gasteiger partial charge >= 0.3 is 0 Å². The molecule has 4 N–H and O–H groups in total. The predicted molar refractivity (Wildman–Crippen MR) is 101 cm³/mol. The molecule has 8 nitrogen and oxygen atoms in total. The largest absolute Gasteiger partial charge is 0.497 e. The number of aryl methyl sites for hydroxylation is 1.